The molecule has 0 spiro atoms. The number of likely N-dealkylation sites (tertiary alicyclic amines) is 1. The first-order chi connectivity index (χ1) is 12.7. The van der Waals surface area contributed by atoms with E-state index < -0.39 is 0 Å². The molecule has 2 aromatic heterocycles. The maximum Gasteiger partial charge on any atom is 0.276 e. The van der Waals surface area contributed by atoms with E-state index in [4.69, 9.17) is 0 Å². The van der Waals surface area contributed by atoms with Gasteiger partial charge in [-0.2, -0.15) is 0 Å². The summed E-state index contributed by atoms with van der Waals surface area (Å²) in [6.45, 7) is 3.35. The monoisotopic (exact) mass is 422 g/mol. The molecule has 1 unspecified atom stereocenters. The van der Waals surface area contributed by atoms with E-state index in [9.17, 15) is 4.79 Å². The fraction of sp³-hybridized carbons (Fsp3) is 0.368. The van der Waals surface area contributed by atoms with Gasteiger partial charge in [-0.05, 0) is 38.9 Å². The molecule has 28 heavy (non-hydrogen) atoms. The summed E-state index contributed by atoms with van der Waals surface area (Å²) in [5, 5.41) is 12.7. The van der Waals surface area contributed by atoms with Gasteiger partial charge in [0.05, 0.1) is 16.9 Å². The summed E-state index contributed by atoms with van der Waals surface area (Å²) in [4.78, 5) is 19.3. The summed E-state index contributed by atoms with van der Waals surface area (Å²) < 4.78 is 1.71. The van der Waals surface area contributed by atoms with Gasteiger partial charge in [-0.1, -0.05) is 23.4 Å². The zero-order chi connectivity index (χ0) is 18.1. The first-order valence-corrected chi connectivity index (χ1v) is 8.92. The highest BCUT2D eigenvalue weighted by Gasteiger charge is 2.27. The van der Waals surface area contributed by atoms with Crippen LogP contribution >= 0.6 is 24.8 Å². The molecule has 1 N–H and O–H groups in total. The third-order valence-corrected chi connectivity index (χ3v) is 5.05. The Morgan fingerprint density at radius 3 is 2.79 bits per heavy atom. The number of pyridine rings is 1. The van der Waals surface area contributed by atoms with Gasteiger partial charge in [0, 0.05) is 30.7 Å². The highest BCUT2D eigenvalue weighted by Crippen LogP contribution is 2.22. The van der Waals surface area contributed by atoms with Crippen molar-refractivity contribution < 1.29 is 4.79 Å². The average molecular weight is 423 g/mol. The van der Waals surface area contributed by atoms with Crippen molar-refractivity contribution >= 4 is 41.6 Å². The number of carbonyl (C=O) groups is 1. The van der Waals surface area contributed by atoms with E-state index in [1.54, 1.807) is 10.9 Å². The Balaban J connectivity index is 0.00000140. The maximum absolute atomic E-state index is 13.0. The quantitative estimate of drug-likeness (QED) is 0.701. The summed E-state index contributed by atoms with van der Waals surface area (Å²) in [5.41, 5.74) is 2.82. The molecule has 4 rings (SSSR count). The number of nitrogens with one attached hydrogen (secondary N) is 1. The van der Waals surface area contributed by atoms with E-state index in [-0.39, 0.29) is 30.7 Å². The topological polar surface area (TPSA) is 75.9 Å². The van der Waals surface area contributed by atoms with Crippen LogP contribution in [0.15, 0.2) is 36.5 Å². The molecule has 9 heteroatoms. The third-order valence-electron chi connectivity index (χ3n) is 5.05. The number of para-hydroxylation sites is 1. The molecule has 150 valence electrons. The Hall–Kier alpha value is -2.22. The van der Waals surface area contributed by atoms with E-state index in [2.05, 4.69) is 20.6 Å². The van der Waals surface area contributed by atoms with Crippen molar-refractivity contribution in [3.05, 3.63) is 47.9 Å². The van der Waals surface area contributed by atoms with Crippen LogP contribution in [-0.2, 0) is 0 Å². The SMILES string of the molecule is CNC1CCCN(C(=O)c2nnn(-c3cccc4cccnc34)c2C)C1.Cl.Cl. The predicted molar refractivity (Wildman–Crippen MR) is 114 cm³/mol. The van der Waals surface area contributed by atoms with Gasteiger partial charge in [0.25, 0.3) is 5.91 Å². The maximum atomic E-state index is 13.0. The van der Waals surface area contributed by atoms with Gasteiger partial charge in [-0.15, -0.1) is 29.9 Å². The number of fused-ring (bicyclic) bond motifs is 1. The Morgan fingerprint density at radius 2 is 2.00 bits per heavy atom. The summed E-state index contributed by atoms with van der Waals surface area (Å²) in [6.07, 6.45) is 3.85. The second kappa shape index (κ2) is 9.32. The molecule has 1 amide bonds. The van der Waals surface area contributed by atoms with E-state index in [1.165, 1.54) is 0 Å². The second-order valence-electron chi connectivity index (χ2n) is 6.67. The molecule has 1 saturated heterocycles. The lowest BCUT2D eigenvalue weighted by Gasteiger charge is -2.32. The third kappa shape index (κ3) is 3.97. The number of rotatable bonds is 3. The van der Waals surface area contributed by atoms with Gasteiger partial charge >= 0.3 is 0 Å². The van der Waals surface area contributed by atoms with Gasteiger partial charge in [0.2, 0.25) is 0 Å². The van der Waals surface area contributed by atoms with Crippen molar-refractivity contribution in [3.8, 4) is 5.69 Å². The molecule has 0 radical (unpaired) electrons. The summed E-state index contributed by atoms with van der Waals surface area (Å²) in [5.74, 6) is -0.0538. The van der Waals surface area contributed by atoms with Crippen molar-refractivity contribution in [3.63, 3.8) is 0 Å². The fourth-order valence-corrected chi connectivity index (χ4v) is 3.56. The van der Waals surface area contributed by atoms with Gasteiger partial charge in [-0.3, -0.25) is 9.78 Å². The first-order valence-electron chi connectivity index (χ1n) is 8.92. The number of piperidine rings is 1. The minimum absolute atomic E-state index is 0. The smallest absolute Gasteiger partial charge is 0.276 e. The standard InChI is InChI=1S/C19H22N6O.2ClH/c1-13-17(19(26)24-11-5-8-15(12-24)20-2)22-23-25(13)16-9-3-6-14-7-4-10-21-18(14)16;;/h3-4,6-7,9-10,15,20H,5,8,11-12H2,1-2H3;2*1H. The minimum atomic E-state index is -0.0538. The number of likely N-dealkylation sites (N-methyl/N-ethyl adjacent to an activating group) is 1. The molecule has 0 bridgehead atoms. The highest BCUT2D eigenvalue weighted by molar-refractivity contribution is 5.94. The first kappa shape index (κ1) is 22.1. The number of halogens is 2. The van der Waals surface area contributed by atoms with Crippen molar-refractivity contribution in [2.24, 2.45) is 0 Å². The highest BCUT2D eigenvalue weighted by atomic mass is 35.5. The van der Waals surface area contributed by atoms with E-state index in [0.29, 0.717) is 18.3 Å². The van der Waals surface area contributed by atoms with Crippen LogP contribution in [0.25, 0.3) is 16.6 Å². The van der Waals surface area contributed by atoms with Crippen molar-refractivity contribution in [1.82, 2.24) is 30.2 Å². The normalized spacial score (nSPS) is 16.4. The van der Waals surface area contributed by atoms with Crippen LogP contribution in [0.3, 0.4) is 0 Å². The molecule has 1 aromatic carbocycles. The van der Waals surface area contributed by atoms with Gasteiger partial charge in [0.1, 0.15) is 0 Å². The van der Waals surface area contributed by atoms with Crippen LogP contribution in [0.5, 0.6) is 0 Å². The number of amides is 1. The summed E-state index contributed by atoms with van der Waals surface area (Å²) in [6, 6.07) is 10.2. The Bertz CT molecular complexity index is 955. The van der Waals surface area contributed by atoms with Crippen molar-refractivity contribution in [2.75, 3.05) is 20.1 Å². The molecule has 1 atom stereocenters. The second-order valence-corrected chi connectivity index (χ2v) is 6.67. The van der Waals surface area contributed by atoms with Gasteiger partial charge in [0.15, 0.2) is 5.69 Å². The fourth-order valence-electron chi connectivity index (χ4n) is 3.56. The molecule has 1 fully saturated rings. The average Bonchev–Trinajstić information content (AvgIpc) is 3.08. The largest absolute Gasteiger partial charge is 0.336 e. The number of benzene rings is 1. The molecule has 1 aliphatic heterocycles. The number of hydrogen-bond donors (Lipinski definition) is 1. The van der Waals surface area contributed by atoms with Gasteiger partial charge in [-0.25, -0.2) is 4.68 Å². The molecule has 0 aliphatic carbocycles. The molecule has 1 aliphatic rings. The van der Waals surface area contributed by atoms with E-state index >= 15 is 0 Å². The van der Waals surface area contributed by atoms with Crippen LogP contribution in [-0.4, -0.2) is 57.0 Å². The lowest BCUT2D eigenvalue weighted by atomic mass is 10.1. The molecule has 3 heterocycles. The molecular formula is C19H24Cl2N6O. The Kier molecular flexibility index (Phi) is 7.35. The lowest BCUT2D eigenvalue weighted by Crippen LogP contribution is -2.47. The summed E-state index contributed by atoms with van der Waals surface area (Å²) in [7, 11) is 1.94. The molecular weight excluding hydrogens is 399 g/mol. The molecule has 0 saturated carbocycles. The van der Waals surface area contributed by atoms with Crippen LogP contribution in [0, 0.1) is 6.92 Å². The zero-order valence-corrected chi connectivity index (χ0v) is 17.5. The van der Waals surface area contributed by atoms with Crippen LogP contribution in [0.2, 0.25) is 0 Å². The molecule has 3 aromatic rings. The van der Waals surface area contributed by atoms with E-state index in [1.807, 2.05) is 49.2 Å². The summed E-state index contributed by atoms with van der Waals surface area (Å²) >= 11 is 0. The van der Waals surface area contributed by atoms with Crippen LogP contribution in [0.1, 0.15) is 29.0 Å². The van der Waals surface area contributed by atoms with Crippen molar-refractivity contribution in [2.45, 2.75) is 25.8 Å². The number of hydrogen-bond acceptors (Lipinski definition) is 5. The van der Waals surface area contributed by atoms with E-state index in [0.717, 1.165) is 41.7 Å². The van der Waals surface area contributed by atoms with Gasteiger partial charge < -0.3 is 10.2 Å². The lowest BCUT2D eigenvalue weighted by molar-refractivity contribution is 0.0691. The Morgan fingerprint density at radius 1 is 1.21 bits per heavy atom. The van der Waals surface area contributed by atoms with Crippen LogP contribution < -0.4 is 5.32 Å². The van der Waals surface area contributed by atoms with Crippen LogP contribution in [0.4, 0.5) is 0 Å². The zero-order valence-electron chi connectivity index (χ0n) is 15.8. The number of carbonyl (C=O) groups excluding carboxylic acids is 1. The van der Waals surface area contributed by atoms with Crippen molar-refractivity contribution in [1.29, 1.82) is 0 Å². The number of aromatic nitrogens is 4. The Labute approximate surface area is 176 Å². The number of nitrogens with zero attached hydrogens (tertiary/aromatic N) is 5. The molecule has 7 nitrogen and oxygen atoms in total. The minimum Gasteiger partial charge on any atom is -0.336 e. The predicted octanol–water partition coefficient (Wildman–Crippen LogP) is 2.79.